The Balaban J connectivity index is 0.000000880. The molecule has 0 spiro atoms. The van der Waals surface area contributed by atoms with Gasteiger partial charge in [-0.05, 0) is 29.6 Å². The van der Waals surface area contributed by atoms with Gasteiger partial charge in [-0.3, -0.25) is 0 Å². The minimum Gasteiger partial charge on any atom is -0.382 e. The summed E-state index contributed by atoms with van der Waals surface area (Å²) in [7, 11) is 0. The Kier molecular flexibility index (Phi) is 4.78. The van der Waals surface area contributed by atoms with Crippen LogP contribution >= 0.6 is 0 Å². The second-order valence-electron chi connectivity index (χ2n) is 7.91. The number of rotatable bonds is 4. The molecule has 138 valence electrons. The quantitative estimate of drug-likeness (QED) is 0.878. The SMILES string of the molecule is CC.CCCC1C2CC(n3cnc4c(N)nc(CC)nc43)[C@H]1C2(C)C. The number of nitrogens with two attached hydrogens (primary N) is 1. The van der Waals surface area contributed by atoms with Crippen molar-refractivity contribution >= 4 is 17.0 Å². The fourth-order valence-electron chi connectivity index (χ4n) is 5.54. The molecule has 25 heavy (non-hydrogen) atoms. The van der Waals surface area contributed by atoms with Gasteiger partial charge in [-0.25, -0.2) is 15.0 Å². The number of hydrogen-bond acceptors (Lipinski definition) is 4. The molecule has 2 bridgehead atoms. The average Bonchev–Trinajstić information content (AvgIpc) is 3.26. The summed E-state index contributed by atoms with van der Waals surface area (Å²) in [6.07, 6.45) is 6.62. The molecule has 2 aromatic rings. The predicted octanol–water partition coefficient (Wildman–Crippen LogP) is 4.63. The topological polar surface area (TPSA) is 69.6 Å². The molecule has 0 aliphatic heterocycles. The van der Waals surface area contributed by atoms with Crippen molar-refractivity contribution in [3.63, 3.8) is 0 Å². The molecule has 2 heterocycles. The van der Waals surface area contributed by atoms with Gasteiger partial charge in [0.1, 0.15) is 11.3 Å². The Morgan fingerprint density at radius 1 is 1.24 bits per heavy atom. The van der Waals surface area contributed by atoms with E-state index in [2.05, 4.69) is 42.2 Å². The molecule has 0 amide bonds. The van der Waals surface area contributed by atoms with Gasteiger partial charge < -0.3 is 10.3 Å². The summed E-state index contributed by atoms with van der Waals surface area (Å²) < 4.78 is 2.30. The normalized spacial score (nSPS) is 29.2. The molecule has 3 aliphatic carbocycles. The summed E-state index contributed by atoms with van der Waals surface area (Å²) in [6, 6.07) is 0.510. The van der Waals surface area contributed by atoms with Crippen molar-refractivity contribution in [1.82, 2.24) is 19.5 Å². The maximum atomic E-state index is 6.09. The van der Waals surface area contributed by atoms with E-state index >= 15 is 0 Å². The highest BCUT2D eigenvalue weighted by Crippen LogP contribution is 2.70. The van der Waals surface area contributed by atoms with Crippen LogP contribution in [-0.4, -0.2) is 19.5 Å². The molecular weight excluding hydrogens is 310 g/mol. The van der Waals surface area contributed by atoms with E-state index in [0.29, 0.717) is 17.3 Å². The lowest BCUT2D eigenvalue weighted by atomic mass is 9.52. The summed E-state index contributed by atoms with van der Waals surface area (Å²) in [4.78, 5) is 13.6. The molecule has 3 unspecified atom stereocenters. The maximum Gasteiger partial charge on any atom is 0.166 e. The van der Waals surface area contributed by atoms with Crippen molar-refractivity contribution in [3.8, 4) is 0 Å². The third-order valence-electron chi connectivity index (χ3n) is 6.49. The number of hydrogen-bond donors (Lipinski definition) is 1. The number of nitrogens with zero attached hydrogens (tertiary/aromatic N) is 4. The van der Waals surface area contributed by atoms with Crippen LogP contribution in [0, 0.1) is 23.2 Å². The summed E-state index contributed by atoms with van der Waals surface area (Å²) in [5, 5.41) is 0. The number of fused-ring (bicyclic) bond motifs is 2. The van der Waals surface area contributed by atoms with Crippen LogP contribution in [0.1, 0.15) is 72.7 Å². The molecule has 0 saturated heterocycles. The van der Waals surface area contributed by atoms with Crippen LogP contribution in [0.5, 0.6) is 0 Å². The van der Waals surface area contributed by atoms with Gasteiger partial charge in [0.2, 0.25) is 0 Å². The first-order chi connectivity index (χ1) is 12.0. The zero-order chi connectivity index (χ0) is 18.4. The average molecular weight is 344 g/mol. The minimum atomic E-state index is 0.438. The van der Waals surface area contributed by atoms with Gasteiger partial charge >= 0.3 is 0 Å². The highest BCUT2D eigenvalue weighted by molar-refractivity contribution is 5.81. The van der Waals surface area contributed by atoms with Gasteiger partial charge in [-0.15, -0.1) is 0 Å². The first kappa shape index (κ1) is 18.2. The summed E-state index contributed by atoms with van der Waals surface area (Å²) in [6.45, 7) is 13.2. The number of aromatic nitrogens is 4. The van der Waals surface area contributed by atoms with E-state index in [1.165, 1.54) is 19.3 Å². The molecule has 2 aromatic heterocycles. The molecule has 0 radical (unpaired) electrons. The molecule has 3 fully saturated rings. The van der Waals surface area contributed by atoms with E-state index in [9.17, 15) is 0 Å². The molecule has 5 nitrogen and oxygen atoms in total. The van der Waals surface area contributed by atoms with Crippen molar-refractivity contribution < 1.29 is 0 Å². The van der Waals surface area contributed by atoms with E-state index in [1.807, 2.05) is 20.2 Å². The van der Waals surface area contributed by atoms with Crippen molar-refractivity contribution in [1.29, 1.82) is 0 Å². The van der Waals surface area contributed by atoms with Gasteiger partial charge in [-0.1, -0.05) is 54.4 Å². The van der Waals surface area contributed by atoms with Crippen LogP contribution in [-0.2, 0) is 6.42 Å². The van der Waals surface area contributed by atoms with Crippen molar-refractivity contribution in [2.24, 2.45) is 23.2 Å². The van der Waals surface area contributed by atoms with Crippen LogP contribution in [0.3, 0.4) is 0 Å². The third kappa shape index (κ3) is 2.54. The summed E-state index contributed by atoms with van der Waals surface area (Å²) in [5.74, 6) is 3.75. The molecule has 0 aromatic carbocycles. The van der Waals surface area contributed by atoms with Crippen LogP contribution in [0.15, 0.2) is 6.33 Å². The lowest BCUT2D eigenvalue weighted by Crippen LogP contribution is -2.47. The van der Waals surface area contributed by atoms with Crippen molar-refractivity contribution in [2.75, 3.05) is 5.73 Å². The lowest BCUT2D eigenvalue weighted by Gasteiger charge is -2.53. The lowest BCUT2D eigenvalue weighted by molar-refractivity contribution is -0.0474. The number of imidazole rings is 1. The van der Waals surface area contributed by atoms with Gasteiger partial charge in [0.15, 0.2) is 11.5 Å². The van der Waals surface area contributed by atoms with Crippen LogP contribution < -0.4 is 5.73 Å². The molecule has 3 aliphatic rings. The van der Waals surface area contributed by atoms with E-state index in [4.69, 9.17) is 10.7 Å². The van der Waals surface area contributed by atoms with Gasteiger partial charge in [0.05, 0.1) is 6.33 Å². The van der Waals surface area contributed by atoms with E-state index in [-0.39, 0.29) is 0 Å². The maximum absolute atomic E-state index is 6.09. The largest absolute Gasteiger partial charge is 0.382 e. The fraction of sp³-hybridized carbons (Fsp3) is 0.750. The van der Waals surface area contributed by atoms with Gasteiger partial charge in [0, 0.05) is 12.5 Å². The Morgan fingerprint density at radius 3 is 2.60 bits per heavy atom. The smallest absolute Gasteiger partial charge is 0.166 e. The van der Waals surface area contributed by atoms with E-state index < -0.39 is 0 Å². The van der Waals surface area contributed by atoms with Crippen molar-refractivity contribution in [2.45, 2.75) is 73.3 Å². The number of anilines is 1. The molecule has 3 saturated carbocycles. The second-order valence-corrected chi connectivity index (χ2v) is 7.91. The highest BCUT2D eigenvalue weighted by Gasteiger charge is 2.64. The monoisotopic (exact) mass is 343 g/mol. The zero-order valence-electron chi connectivity index (χ0n) is 16.6. The molecule has 5 heteroatoms. The van der Waals surface area contributed by atoms with Gasteiger partial charge in [0.25, 0.3) is 0 Å². The standard InChI is InChI=1S/C18H27N5.C2H6/c1-5-7-10-11-8-12(14(10)18(11,3)4)23-9-20-15-16(19)21-13(6-2)22-17(15)23;1-2/h9-12,14H,5-8H2,1-4H3,(H2,19,21,22);1-2H3/t10?,11?,12?,14-;/m0./s1. The Hall–Kier alpha value is -1.65. The predicted molar refractivity (Wildman–Crippen MR) is 103 cm³/mol. The summed E-state index contributed by atoms with van der Waals surface area (Å²) in [5.41, 5.74) is 8.22. The molecule has 5 rings (SSSR count). The minimum absolute atomic E-state index is 0.438. The van der Waals surface area contributed by atoms with E-state index in [1.54, 1.807) is 0 Å². The highest BCUT2D eigenvalue weighted by atomic mass is 15.2. The third-order valence-corrected chi connectivity index (χ3v) is 6.49. The number of nitrogen functional groups attached to an aromatic ring is 1. The Labute approximate surface area is 151 Å². The fourth-order valence-corrected chi connectivity index (χ4v) is 5.54. The zero-order valence-corrected chi connectivity index (χ0v) is 16.6. The molecule has 4 atom stereocenters. The van der Waals surface area contributed by atoms with Gasteiger partial charge in [-0.2, -0.15) is 0 Å². The first-order valence-corrected chi connectivity index (χ1v) is 9.97. The first-order valence-electron chi connectivity index (χ1n) is 9.97. The number of aryl methyl sites for hydroxylation is 1. The Morgan fingerprint density at radius 2 is 1.96 bits per heavy atom. The second kappa shape index (κ2) is 6.58. The van der Waals surface area contributed by atoms with Crippen LogP contribution in [0.2, 0.25) is 0 Å². The van der Waals surface area contributed by atoms with E-state index in [0.717, 1.165) is 41.2 Å². The molecular formula is C20H33N5. The Bertz CT molecular complexity index is 748. The van der Waals surface area contributed by atoms with Crippen LogP contribution in [0.4, 0.5) is 5.82 Å². The summed E-state index contributed by atoms with van der Waals surface area (Å²) >= 11 is 0. The molecule has 2 N–H and O–H groups in total. The van der Waals surface area contributed by atoms with Crippen LogP contribution in [0.25, 0.3) is 11.2 Å². The van der Waals surface area contributed by atoms with Crippen molar-refractivity contribution in [3.05, 3.63) is 12.2 Å².